The SMILES string of the molecule is CCc1ccccc1N(C(C)=O)c1nc(CSc2nnc(-c3ccc(C)c(C)c3)o2)cs1. The standard InChI is InChI=1S/C24H24N4O2S2/c1-5-18-8-6-7-9-21(18)28(17(4)29)23-25-20(13-31-23)14-32-24-27-26-22(30-24)19-11-10-15(2)16(3)12-19/h6-13H,5,14H2,1-4H3. The molecule has 0 aliphatic carbocycles. The first-order valence-electron chi connectivity index (χ1n) is 10.3. The lowest BCUT2D eigenvalue weighted by Crippen LogP contribution is -2.23. The monoisotopic (exact) mass is 464 g/mol. The van der Waals surface area contributed by atoms with Gasteiger partial charge in [-0.1, -0.05) is 43.0 Å². The summed E-state index contributed by atoms with van der Waals surface area (Å²) in [5.74, 6) is 1.02. The highest BCUT2D eigenvalue weighted by atomic mass is 32.2. The number of aromatic nitrogens is 3. The fourth-order valence-corrected chi connectivity index (χ4v) is 4.94. The van der Waals surface area contributed by atoms with Crippen LogP contribution in [-0.2, 0) is 17.0 Å². The second-order valence-corrected chi connectivity index (χ2v) is 9.18. The second-order valence-electron chi connectivity index (χ2n) is 7.42. The number of aryl methyl sites for hydroxylation is 3. The molecule has 0 aliphatic rings. The molecule has 0 radical (unpaired) electrons. The van der Waals surface area contributed by atoms with Crippen LogP contribution in [-0.4, -0.2) is 21.1 Å². The fraction of sp³-hybridized carbons (Fsp3) is 0.250. The van der Waals surface area contributed by atoms with Gasteiger partial charge in [0.2, 0.25) is 11.8 Å². The van der Waals surface area contributed by atoms with Gasteiger partial charge in [-0.2, -0.15) is 0 Å². The van der Waals surface area contributed by atoms with Crippen LogP contribution in [0.3, 0.4) is 0 Å². The minimum atomic E-state index is -0.0608. The average Bonchev–Trinajstić information content (AvgIpc) is 3.44. The predicted octanol–water partition coefficient (Wildman–Crippen LogP) is 6.35. The summed E-state index contributed by atoms with van der Waals surface area (Å²) in [4.78, 5) is 18.8. The Morgan fingerprint density at radius 1 is 1.12 bits per heavy atom. The number of para-hydroxylation sites is 1. The van der Waals surface area contributed by atoms with E-state index in [-0.39, 0.29) is 5.91 Å². The largest absolute Gasteiger partial charge is 0.411 e. The summed E-state index contributed by atoms with van der Waals surface area (Å²) >= 11 is 2.89. The van der Waals surface area contributed by atoms with Crippen molar-refractivity contribution in [2.24, 2.45) is 0 Å². The van der Waals surface area contributed by atoms with Crippen molar-refractivity contribution >= 4 is 39.8 Å². The second kappa shape index (κ2) is 9.67. The van der Waals surface area contributed by atoms with E-state index >= 15 is 0 Å². The smallest absolute Gasteiger partial charge is 0.277 e. The van der Waals surface area contributed by atoms with Crippen LogP contribution in [0.25, 0.3) is 11.5 Å². The summed E-state index contributed by atoms with van der Waals surface area (Å²) in [6.07, 6.45) is 0.841. The zero-order valence-electron chi connectivity index (χ0n) is 18.5. The summed E-state index contributed by atoms with van der Waals surface area (Å²) in [6.45, 7) is 7.78. The van der Waals surface area contributed by atoms with E-state index in [0.29, 0.717) is 22.0 Å². The van der Waals surface area contributed by atoms with Crippen molar-refractivity contribution in [1.29, 1.82) is 0 Å². The Kier molecular flexibility index (Phi) is 6.72. The molecule has 0 saturated heterocycles. The molecule has 0 fully saturated rings. The van der Waals surface area contributed by atoms with Gasteiger partial charge in [0.25, 0.3) is 5.22 Å². The Balaban J connectivity index is 1.48. The van der Waals surface area contributed by atoms with Gasteiger partial charge in [-0.05, 0) is 55.2 Å². The van der Waals surface area contributed by atoms with Gasteiger partial charge in [-0.25, -0.2) is 4.98 Å². The van der Waals surface area contributed by atoms with Crippen molar-refractivity contribution in [3.63, 3.8) is 0 Å². The van der Waals surface area contributed by atoms with Crippen LogP contribution >= 0.6 is 23.1 Å². The summed E-state index contributed by atoms with van der Waals surface area (Å²) in [6, 6.07) is 14.0. The van der Waals surface area contributed by atoms with Crippen LogP contribution in [0.1, 0.15) is 36.2 Å². The van der Waals surface area contributed by atoms with Crippen molar-refractivity contribution in [3.8, 4) is 11.5 Å². The maximum atomic E-state index is 12.4. The van der Waals surface area contributed by atoms with Crippen LogP contribution in [0.4, 0.5) is 10.8 Å². The van der Waals surface area contributed by atoms with Gasteiger partial charge in [0, 0.05) is 23.6 Å². The number of anilines is 2. The molecule has 32 heavy (non-hydrogen) atoms. The molecule has 2 aromatic carbocycles. The van der Waals surface area contributed by atoms with Crippen molar-refractivity contribution in [2.75, 3.05) is 4.90 Å². The predicted molar refractivity (Wildman–Crippen MR) is 130 cm³/mol. The highest BCUT2D eigenvalue weighted by molar-refractivity contribution is 7.98. The number of hydrogen-bond donors (Lipinski definition) is 0. The summed E-state index contributed by atoms with van der Waals surface area (Å²) < 4.78 is 5.83. The molecule has 0 bridgehead atoms. The number of rotatable bonds is 7. The molecule has 4 rings (SSSR count). The Morgan fingerprint density at radius 2 is 1.94 bits per heavy atom. The first kappa shape index (κ1) is 22.2. The van der Waals surface area contributed by atoms with Gasteiger partial charge >= 0.3 is 0 Å². The maximum Gasteiger partial charge on any atom is 0.277 e. The normalized spacial score (nSPS) is 11.0. The van der Waals surface area contributed by atoms with Gasteiger partial charge in [0.1, 0.15) is 0 Å². The van der Waals surface area contributed by atoms with Crippen molar-refractivity contribution < 1.29 is 9.21 Å². The summed E-state index contributed by atoms with van der Waals surface area (Å²) in [7, 11) is 0. The average molecular weight is 465 g/mol. The van der Waals surface area contributed by atoms with Crippen molar-refractivity contribution in [3.05, 3.63) is 70.2 Å². The Labute approximate surface area is 195 Å². The summed E-state index contributed by atoms with van der Waals surface area (Å²) in [5.41, 5.74) is 6.17. The number of amides is 1. The number of thiazole rings is 1. The molecule has 4 aromatic rings. The minimum absolute atomic E-state index is 0.0608. The van der Waals surface area contributed by atoms with Crippen molar-refractivity contribution in [1.82, 2.24) is 15.2 Å². The molecule has 8 heteroatoms. The highest BCUT2D eigenvalue weighted by Crippen LogP contribution is 2.33. The number of benzene rings is 2. The zero-order chi connectivity index (χ0) is 22.7. The summed E-state index contributed by atoms with van der Waals surface area (Å²) in [5, 5.41) is 11.5. The molecule has 0 atom stereocenters. The molecule has 0 aliphatic heterocycles. The van der Waals surface area contributed by atoms with E-state index < -0.39 is 0 Å². The third-order valence-corrected chi connectivity index (χ3v) is 6.89. The minimum Gasteiger partial charge on any atom is -0.411 e. The number of thioether (sulfide) groups is 1. The molecule has 164 valence electrons. The Morgan fingerprint density at radius 3 is 2.69 bits per heavy atom. The van der Waals surface area contributed by atoms with E-state index in [1.54, 1.807) is 11.8 Å². The molecule has 0 spiro atoms. The van der Waals surface area contributed by atoms with Crippen LogP contribution in [0.2, 0.25) is 0 Å². The Bertz CT molecular complexity index is 1250. The Hall–Kier alpha value is -2.97. The van der Waals surface area contributed by atoms with E-state index in [9.17, 15) is 4.79 Å². The number of carbonyl (C=O) groups is 1. The first-order valence-corrected chi connectivity index (χ1v) is 12.2. The van der Waals surface area contributed by atoms with Crippen molar-refractivity contribution in [2.45, 2.75) is 45.1 Å². The number of carbonyl (C=O) groups excluding carboxylic acids is 1. The van der Waals surface area contributed by atoms with Crippen LogP contribution in [0.15, 0.2) is 57.5 Å². The third kappa shape index (κ3) is 4.76. The molecular weight excluding hydrogens is 440 g/mol. The van der Waals surface area contributed by atoms with E-state index in [0.717, 1.165) is 28.9 Å². The third-order valence-electron chi connectivity index (χ3n) is 5.16. The number of hydrogen-bond acceptors (Lipinski definition) is 7. The molecule has 0 saturated carbocycles. The number of nitrogens with zero attached hydrogens (tertiary/aromatic N) is 4. The van der Waals surface area contributed by atoms with Crippen LogP contribution in [0.5, 0.6) is 0 Å². The topological polar surface area (TPSA) is 72.1 Å². The maximum absolute atomic E-state index is 12.4. The molecule has 1 amide bonds. The first-order chi connectivity index (χ1) is 15.5. The molecule has 6 nitrogen and oxygen atoms in total. The van der Waals surface area contributed by atoms with E-state index in [1.807, 2.05) is 35.7 Å². The zero-order valence-corrected chi connectivity index (χ0v) is 20.1. The lowest BCUT2D eigenvalue weighted by Gasteiger charge is -2.20. The molecular formula is C24H24N4O2S2. The van der Waals surface area contributed by atoms with Gasteiger partial charge in [-0.3, -0.25) is 9.69 Å². The quantitative estimate of drug-likeness (QED) is 0.297. The van der Waals surface area contributed by atoms with Gasteiger partial charge in [0.05, 0.1) is 11.4 Å². The van der Waals surface area contributed by atoms with E-state index in [1.165, 1.54) is 34.2 Å². The lowest BCUT2D eigenvalue weighted by molar-refractivity contribution is -0.115. The van der Waals surface area contributed by atoms with E-state index in [2.05, 4.69) is 43.1 Å². The fourth-order valence-electron chi connectivity index (χ4n) is 3.30. The van der Waals surface area contributed by atoms with Gasteiger partial charge in [-0.15, -0.1) is 21.5 Å². The molecule has 2 heterocycles. The molecule has 0 unspecified atom stereocenters. The molecule has 0 N–H and O–H groups in total. The van der Waals surface area contributed by atoms with Gasteiger partial charge in [0.15, 0.2) is 5.13 Å². The highest BCUT2D eigenvalue weighted by Gasteiger charge is 2.20. The van der Waals surface area contributed by atoms with Gasteiger partial charge < -0.3 is 4.42 Å². The lowest BCUT2D eigenvalue weighted by atomic mass is 10.1. The van der Waals surface area contributed by atoms with Crippen LogP contribution in [0, 0.1) is 13.8 Å². The van der Waals surface area contributed by atoms with E-state index in [4.69, 9.17) is 9.40 Å². The molecule has 2 aromatic heterocycles. The van der Waals surface area contributed by atoms with Crippen LogP contribution < -0.4 is 4.90 Å².